The number of anilines is 1. The smallest absolute Gasteiger partial charge is 0.310 e. The zero-order valence-corrected chi connectivity index (χ0v) is 17.4. The van der Waals surface area contributed by atoms with Crippen LogP contribution in [-0.2, 0) is 20.7 Å². The molecule has 0 atom stereocenters. The number of Topliss-reactive ketones (excluding diaryl/α,β-unsaturated/α-hetero) is 1. The van der Waals surface area contributed by atoms with Crippen LogP contribution in [0.3, 0.4) is 0 Å². The van der Waals surface area contributed by atoms with Crippen molar-refractivity contribution >= 4 is 34.3 Å². The number of amides is 1. The lowest BCUT2D eigenvalue weighted by Crippen LogP contribution is -2.16. The van der Waals surface area contributed by atoms with E-state index in [4.69, 9.17) is 9.15 Å². The predicted molar refractivity (Wildman–Crippen MR) is 115 cm³/mol. The van der Waals surface area contributed by atoms with Crippen LogP contribution in [0.25, 0.3) is 11.0 Å². The molecule has 0 radical (unpaired) electrons. The van der Waals surface area contributed by atoms with Crippen molar-refractivity contribution in [3.05, 3.63) is 64.9 Å². The van der Waals surface area contributed by atoms with E-state index >= 15 is 0 Å². The van der Waals surface area contributed by atoms with Gasteiger partial charge in [-0.1, -0.05) is 6.92 Å². The van der Waals surface area contributed by atoms with E-state index in [1.165, 1.54) is 0 Å². The molecule has 0 fully saturated rings. The number of hydrogen-bond acceptors (Lipinski definition) is 5. The van der Waals surface area contributed by atoms with Gasteiger partial charge in [-0.15, -0.1) is 0 Å². The minimum absolute atomic E-state index is 0.0329. The molecule has 2 aromatic carbocycles. The number of nitrogens with one attached hydrogen (secondary N) is 1. The second-order valence-corrected chi connectivity index (χ2v) is 7.33. The van der Waals surface area contributed by atoms with E-state index in [1.807, 2.05) is 32.9 Å². The van der Waals surface area contributed by atoms with Gasteiger partial charge in [-0.3, -0.25) is 14.4 Å². The molecule has 0 saturated heterocycles. The SMILES string of the molecule is CCCC(=O)Nc1ccc(C(=O)COC(=O)Cc2coc3cc(C)c(C)cc23)cc1. The second kappa shape index (κ2) is 9.39. The monoisotopic (exact) mass is 407 g/mol. The molecule has 0 spiro atoms. The van der Waals surface area contributed by atoms with Gasteiger partial charge in [0.2, 0.25) is 5.91 Å². The van der Waals surface area contributed by atoms with E-state index in [2.05, 4.69) is 5.32 Å². The first-order valence-electron chi connectivity index (χ1n) is 9.93. The highest BCUT2D eigenvalue weighted by Gasteiger charge is 2.15. The van der Waals surface area contributed by atoms with Crippen molar-refractivity contribution in [2.45, 2.75) is 40.0 Å². The molecule has 1 heterocycles. The van der Waals surface area contributed by atoms with Gasteiger partial charge in [-0.25, -0.2) is 0 Å². The maximum atomic E-state index is 12.3. The van der Waals surface area contributed by atoms with Crippen molar-refractivity contribution in [2.75, 3.05) is 11.9 Å². The summed E-state index contributed by atoms with van der Waals surface area (Å²) in [6.07, 6.45) is 2.80. The topological polar surface area (TPSA) is 85.6 Å². The molecule has 0 aliphatic carbocycles. The fourth-order valence-electron chi connectivity index (χ4n) is 3.10. The van der Waals surface area contributed by atoms with Crippen molar-refractivity contribution < 1.29 is 23.5 Å². The first-order chi connectivity index (χ1) is 14.4. The Morgan fingerprint density at radius 1 is 1.03 bits per heavy atom. The number of furan rings is 1. The number of carbonyl (C=O) groups excluding carboxylic acids is 3. The summed E-state index contributed by atoms with van der Waals surface area (Å²) in [5.41, 5.74) is 4.73. The van der Waals surface area contributed by atoms with Crippen molar-refractivity contribution in [1.29, 1.82) is 0 Å². The van der Waals surface area contributed by atoms with Crippen LogP contribution in [0.15, 0.2) is 47.1 Å². The third-order valence-electron chi connectivity index (χ3n) is 4.94. The maximum absolute atomic E-state index is 12.3. The fourth-order valence-corrected chi connectivity index (χ4v) is 3.10. The molecule has 156 valence electrons. The summed E-state index contributed by atoms with van der Waals surface area (Å²) in [4.78, 5) is 36.1. The van der Waals surface area contributed by atoms with Crippen LogP contribution >= 0.6 is 0 Å². The average molecular weight is 407 g/mol. The first-order valence-corrected chi connectivity index (χ1v) is 9.93. The van der Waals surface area contributed by atoms with Crippen molar-refractivity contribution in [1.82, 2.24) is 0 Å². The lowest BCUT2D eigenvalue weighted by molar-refractivity contribution is -0.141. The Hall–Kier alpha value is -3.41. The molecule has 3 rings (SSSR count). The van der Waals surface area contributed by atoms with Crippen molar-refractivity contribution in [3.8, 4) is 0 Å². The molecule has 0 unspecified atom stereocenters. The number of esters is 1. The summed E-state index contributed by atoms with van der Waals surface area (Å²) < 4.78 is 10.7. The van der Waals surface area contributed by atoms with E-state index in [9.17, 15) is 14.4 Å². The summed E-state index contributed by atoms with van der Waals surface area (Å²) in [5, 5.41) is 3.64. The third-order valence-corrected chi connectivity index (χ3v) is 4.94. The molecule has 1 N–H and O–H groups in total. The standard InChI is InChI=1S/C24H25NO5/c1-4-5-23(27)25-19-8-6-17(7-9-19)21(26)14-30-24(28)12-18-13-29-22-11-16(3)15(2)10-20(18)22/h6-11,13H,4-5,12,14H2,1-3H3,(H,25,27). The van der Waals surface area contributed by atoms with E-state index in [0.29, 0.717) is 17.7 Å². The minimum atomic E-state index is -0.493. The van der Waals surface area contributed by atoms with E-state index in [-0.39, 0.29) is 24.7 Å². The Kier molecular flexibility index (Phi) is 6.67. The molecule has 1 aromatic heterocycles. The highest BCUT2D eigenvalue weighted by atomic mass is 16.5. The number of rotatable bonds is 8. The highest BCUT2D eigenvalue weighted by molar-refractivity contribution is 5.99. The number of aryl methyl sites for hydroxylation is 2. The van der Waals surface area contributed by atoms with Crippen LogP contribution in [0.1, 0.15) is 46.8 Å². The zero-order chi connectivity index (χ0) is 21.7. The number of carbonyl (C=O) groups is 3. The second-order valence-electron chi connectivity index (χ2n) is 7.33. The Bertz CT molecular complexity index is 1080. The molecule has 30 heavy (non-hydrogen) atoms. The van der Waals surface area contributed by atoms with Crippen LogP contribution in [-0.4, -0.2) is 24.3 Å². The average Bonchev–Trinajstić information content (AvgIpc) is 3.08. The van der Waals surface area contributed by atoms with Gasteiger partial charge in [0.15, 0.2) is 12.4 Å². The third kappa shape index (κ3) is 5.14. The number of fused-ring (bicyclic) bond motifs is 1. The molecule has 0 aliphatic rings. The summed E-state index contributed by atoms with van der Waals surface area (Å²) in [6, 6.07) is 10.5. The number of hydrogen-bond donors (Lipinski definition) is 1. The molecule has 0 saturated carbocycles. The first kappa shape index (κ1) is 21.3. The normalized spacial score (nSPS) is 10.8. The van der Waals surface area contributed by atoms with E-state index < -0.39 is 5.97 Å². The number of ketones is 1. The maximum Gasteiger partial charge on any atom is 0.310 e. The summed E-state index contributed by atoms with van der Waals surface area (Å²) in [5.74, 6) is -0.867. The summed E-state index contributed by atoms with van der Waals surface area (Å²) in [7, 11) is 0. The zero-order valence-electron chi connectivity index (χ0n) is 17.4. The van der Waals surface area contributed by atoms with Crippen molar-refractivity contribution in [2.24, 2.45) is 0 Å². The molecule has 1 amide bonds. The van der Waals surface area contributed by atoms with Gasteiger partial charge in [0.05, 0.1) is 12.7 Å². The summed E-state index contributed by atoms with van der Waals surface area (Å²) >= 11 is 0. The summed E-state index contributed by atoms with van der Waals surface area (Å²) in [6.45, 7) is 5.60. The van der Waals surface area contributed by atoms with Gasteiger partial charge >= 0.3 is 5.97 Å². The minimum Gasteiger partial charge on any atom is -0.464 e. The van der Waals surface area contributed by atoms with Gasteiger partial charge in [0.1, 0.15) is 5.58 Å². The highest BCUT2D eigenvalue weighted by Crippen LogP contribution is 2.25. The molecule has 0 aliphatic heterocycles. The molecular weight excluding hydrogens is 382 g/mol. The lowest BCUT2D eigenvalue weighted by atomic mass is 10.0. The van der Waals surface area contributed by atoms with Gasteiger partial charge in [-0.2, -0.15) is 0 Å². The van der Waals surface area contributed by atoms with Crippen LogP contribution in [0.5, 0.6) is 0 Å². The van der Waals surface area contributed by atoms with Gasteiger partial charge < -0.3 is 14.5 Å². The predicted octanol–water partition coefficient (Wildman–Crippen LogP) is 4.76. The quantitative estimate of drug-likeness (QED) is 0.430. The molecular formula is C24H25NO5. The van der Waals surface area contributed by atoms with Crippen molar-refractivity contribution in [3.63, 3.8) is 0 Å². The Morgan fingerprint density at radius 2 is 1.73 bits per heavy atom. The van der Waals surface area contributed by atoms with Gasteiger partial charge in [0.25, 0.3) is 0 Å². The largest absolute Gasteiger partial charge is 0.464 e. The van der Waals surface area contributed by atoms with Gasteiger partial charge in [-0.05, 0) is 67.8 Å². The Balaban J connectivity index is 1.55. The van der Waals surface area contributed by atoms with E-state index in [1.54, 1.807) is 30.5 Å². The van der Waals surface area contributed by atoms with Gasteiger partial charge in [0, 0.05) is 28.6 Å². The molecule has 0 bridgehead atoms. The number of ether oxygens (including phenoxy) is 1. The molecule has 3 aromatic rings. The van der Waals surface area contributed by atoms with Crippen LogP contribution in [0.4, 0.5) is 5.69 Å². The molecule has 6 heteroatoms. The van der Waals surface area contributed by atoms with Crippen LogP contribution in [0, 0.1) is 13.8 Å². The van der Waals surface area contributed by atoms with Crippen LogP contribution in [0.2, 0.25) is 0 Å². The van der Waals surface area contributed by atoms with Crippen LogP contribution < -0.4 is 5.32 Å². The Labute approximate surface area is 175 Å². The van der Waals surface area contributed by atoms with E-state index in [0.717, 1.165) is 34.1 Å². The number of benzene rings is 2. The lowest BCUT2D eigenvalue weighted by Gasteiger charge is -2.07. The fraction of sp³-hybridized carbons (Fsp3) is 0.292. The Morgan fingerprint density at radius 3 is 2.43 bits per heavy atom. The molecule has 6 nitrogen and oxygen atoms in total.